The average Bonchev–Trinajstić information content (AvgIpc) is 3.33. The van der Waals surface area contributed by atoms with Crippen molar-refractivity contribution >= 4 is 33.6 Å². The number of hydrogen-bond donors (Lipinski definition) is 0. The molecule has 0 bridgehead atoms. The fraction of sp³-hybridized carbons (Fsp3) is 0.143. The van der Waals surface area contributed by atoms with Crippen LogP contribution in [0.25, 0.3) is 21.8 Å². The first-order chi connectivity index (χ1) is 12.7. The lowest BCUT2D eigenvalue weighted by molar-refractivity contribution is -0.137. The summed E-state index contributed by atoms with van der Waals surface area (Å²) < 4.78 is 3.86. The van der Waals surface area contributed by atoms with Crippen LogP contribution in [-0.4, -0.2) is 32.9 Å². The number of fused-ring (bicyclic) bond motifs is 2. The highest BCUT2D eigenvalue weighted by molar-refractivity contribution is 6.08. The summed E-state index contributed by atoms with van der Waals surface area (Å²) >= 11 is 0. The van der Waals surface area contributed by atoms with Crippen molar-refractivity contribution in [1.29, 1.82) is 0 Å². The van der Waals surface area contributed by atoms with Crippen molar-refractivity contribution in [3.05, 3.63) is 73.1 Å². The Kier molecular flexibility index (Phi) is 3.06. The summed E-state index contributed by atoms with van der Waals surface area (Å²) in [6.07, 6.45) is 3.80. The SMILES string of the molecule is CN1C(=O)C(n2ccc3ccccc32)C(n2ccc3ccccc32)C1=O. The molecule has 0 spiro atoms. The molecule has 4 aromatic rings. The molecule has 26 heavy (non-hydrogen) atoms. The molecule has 5 heteroatoms. The van der Waals surface area contributed by atoms with Crippen LogP contribution in [0.15, 0.2) is 73.1 Å². The molecule has 2 aromatic carbocycles. The van der Waals surface area contributed by atoms with Crippen LogP contribution < -0.4 is 0 Å². The molecular weight excluding hydrogens is 326 g/mol. The van der Waals surface area contributed by atoms with Crippen LogP contribution in [0.1, 0.15) is 12.1 Å². The molecule has 0 saturated carbocycles. The Morgan fingerprint density at radius 3 is 1.54 bits per heavy atom. The summed E-state index contributed by atoms with van der Waals surface area (Å²) in [6, 6.07) is 18.6. The third-order valence-electron chi connectivity index (χ3n) is 5.32. The topological polar surface area (TPSA) is 47.2 Å². The third-order valence-corrected chi connectivity index (χ3v) is 5.32. The lowest BCUT2D eigenvalue weighted by Crippen LogP contribution is -2.26. The van der Waals surface area contributed by atoms with E-state index in [-0.39, 0.29) is 11.8 Å². The van der Waals surface area contributed by atoms with Crippen LogP contribution in [0.2, 0.25) is 0 Å². The summed E-state index contributed by atoms with van der Waals surface area (Å²) in [7, 11) is 1.56. The molecule has 0 aliphatic carbocycles. The molecule has 2 atom stereocenters. The standard InChI is InChI=1S/C21H17N3O2/c1-22-20(25)18(23-12-10-14-6-2-4-8-16(14)23)19(21(22)26)24-13-11-15-7-3-5-9-17(15)24/h2-13,18-19H,1H3. The number of aromatic nitrogens is 2. The first kappa shape index (κ1) is 15.0. The summed E-state index contributed by atoms with van der Waals surface area (Å²) in [5.41, 5.74) is 1.91. The molecule has 2 unspecified atom stereocenters. The second kappa shape index (κ2) is 5.33. The smallest absolute Gasteiger partial charge is 0.254 e. The molecule has 128 valence electrons. The lowest BCUT2D eigenvalue weighted by Gasteiger charge is -2.20. The molecule has 2 amide bonds. The van der Waals surface area contributed by atoms with Crippen molar-refractivity contribution < 1.29 is 9.59 Å². The van der Waals surface area contributed by atoms with Crippen molar-refractivity contribution in [2.75, 3.05) is 7.05 Å². The van der Waals surface area contributed by atoms with Crippen LogP contribution in [0.3, 0.4) is 0 Å². The molecular formula is C21H17N3O2. The van der Waals surface area contributed by atoms with Crippen LogP contribution >= 0.6 is 0 Å². The van der Waals surface area contributed by atoms with Crippen molar-refractivity contribution in [2.24, 2.45) is 0 Å². The molecule has 1 saturated heterocycles. The van der Waals surface area contributed by atoms with Gasteiger partial charge in [0.05, 0.1) is 0 Å². The van der Waals surface area contributed by atoms with Gasteiger partial charge in [-0.15, -0.1) is 0 Å². The molecule has 1 fully saturated rings. The van der Waals surface area contributed by atoms with Gasteiger partial charge < -0.3 is 9.13 Å². The molecule has 0 radical (unpaired) electrons. The Balaban J connectivity index is 1.74. The number of para-hydroxylation sites is 2. The van der Waals surface area contributed by atoms with Crippen LogP contribution in [0, 0.1) is 0 Å². The molecule has 2 aromatic heterocycles. The van der Waals surface area contributed by atoms with Gasteiger partial charge in [0.2, 0.25) is 0 Å². The van der Waals surface area contributed by atoms with E-state index in [1.54, 1.807) is 7.05 Å². The van der Waals surface area contributed by atoms with Gasteiger partial charge in [-0.3, -0.25) is 14.5 Å². The average molecular weight is 343 g/mol. The van der Waals surface area contributed by atoms with Gasteiger partial charge in [0.15, 0.2) is 0 Å². The fourth-order valence-corrected chi connectivity index (χ4v) is 4.01. The maximum Gasteiger partial charge on any atom is 0.254 e. The zero-order valence-electron chi connectivity index (χ0n) is 14.2. The number of amides is 2. The van der Waals surface area contributed by atoms with Gasteiger partial charge in [-0.25, -0.2) is 0 Å². The second-order valence-electron chi connectivity index (χ2n) is 6.69. The molecule has 3 heterocycles. The van der Waals surface area contributed by atoms with Crippen molar-refractivity contribution in [3.8, 4) is 0 Å². The number of carbonyl (C=O) groups excluding carboxylic acids is 2. The number of hydrogen-bond acceptors (Lipinski definition) is 2. The van der Waals surface area contributed by atoms with Crippen molar-refractivity contribution in [2.45, 2.75) is 12.1 Å². The third kappa shape index (κ3) is 1.91. The van der Waals surface area contributed by atoms with Crippen LogP contribution in [0.4, 0.5) is 0 Å². The van der Waals surface area contributed by atoms with Gasteiger partial charge in [0, 0.05) is 30.5 Å². The molecule has 5 rings (SSSR count). The highest BCUT2D eigenvalue weighted by atomic mass is 16.2. The Hall–Kier alpha value is -3.34. The monoisotopic (exact) mass is 343 g/mol. The van der Waals surface area contributed by atoms with E-state index in [9.17, 15) is 9.59 Å². The zero-order valence-corrected chi connectivity index (χ0v) is 14.2. The van der Waals surface area contributed by atoms with Gasteiger partial charge in [-0.2, -0.15) is 0 Å². The highest BCUT2D eigenvalue weighted by Gasteiger charge is 2.48. The Morgan fingerprint density at radius 1 is 0.654 bits per heavy atom. The van der Waals surface area contributed by atoms with E-state index < -0.39 is 12.1 Å². The number of nitrogens with zero attached hydrogens (tertiary/aromatic N) is 3. The van der Waals surface area contributed by atoms with Gasteiger partial charge >= 0.3 is 0 Å². The van der Waals surface area contributed by atoms with E-state index in [4.69, 9.17) is 0 Å². The minimum absolute atomic E-state index is 0.181. The quantitative estimate of drug-likeness (QED) is 0.524. The maximum atomic E-state index is 13.0. The first-order valence-corrected chi connectivity index (χ1v) is 8.59. The minimum atomic E-state index is -0.594. The van der Waals surface area contributed by atoms with Crippen molar-refractivity contribution in [3.63, 3.8) is 0 Å². The Labute approximate surface area is 150 Å². The predicted molar refractivity (Wildman–Crippen MR) is 99.7 cm³/mol. The minimum Gasteiger partial charge on any atom is -0.332 e. The first-order valence-electron chi connectivity index (χ1n) is 8.59. The van der Waals surface area contributed by atoms with E-state index >= 15 is 0 Å². The highest BCUT2D eigenvalue weighted by Crippen LogP contribution is 2.38. The largest absolute Gasteiger partial charge is 0.332 e. The molecule has 1 aliphatic rings. The number of benzene rings is 2. The lowest BCUT2D eigenvalue weighted by atomic mass is 10.1. The summed E-state index contributed by atoms with van der Waals surface area (Å²) in [5.74, 6) is -0.363. The number of carbonyl (C=O) groups is 2. The van der Waals surface area contributed by atoms with Crippen LogP contribution in [-0.2, 0) is 9.59 Å². The van der Waals surface area contributed by atoms with Gasteiger partial charge in [0.1, 0.15) is 12.1 Å². The van der Waals surface area contributed by atoms with Crippen LogP contribution in [0.5, 0.6) is 0 Å². The molecule has 0 N–H and O–H groups in total. The second-order valence-corrected chi connectivity index (χ2v) is 6.69. The van der Waals surface area contributed by atoms with Gasteiger partial charge in [0.25, 0.3) is 11.8 Å². The molecule has 5 nitrogen and oxygen atoms in total. The number of rotatable bonds is 2. The maximum absolute atomic E-state index is 13.0. The Bertz CT molecular complexity index is 1080. The zero-order chi connectivity index (χ0) is 17.8. The summed E-state index contributed by atoms with van der Waals surface area (Å²) in [5, 5.41) is 2.11. The van der Waals surface area contributed by atoms with E-state index in [2.05, 4.69) is 0 Å². The number of imide groups is 1. The number of likely N-dealkylation sites (N-methyl/N-ethyl adjacent to an activating group) is 1. The van der Waals surface area contributed by atoms with E-state index in [1.807, 2.05) is 82.2 Å². The van der Waals surface area contributed by atoms with E-state index in [0.717, 1.165) is 21.8 Å². The van der Waals surface area contributed by atoms with Gasteiger partial charge in [-0.1, -0.05) is 36.4 Å². The predicted octanol–water partition coefficient (Wildman–Crippen LogP) is 3.38. The Morgan fingerprint density at radius 2 is 1.08 bits per heavy atom. The van der Waals surface area contributed by atoms with E-state index in [1.165, 1.54) is 4.90 Å². The number of likely N-dealkylation sites (tertiary alicyclic amines) is 1. The van der Waals surface area contributed by atoms with Gasteiger partial charge in [-0.05, 0) is 35.0 Å². The normalized spacial score (nSPS) is 20.6. The van der Waals surface area contributed by atoms with E-state index in [0.29, 0.717) is 0 Å². The summed E-state index contributed by atoms with van der Waals surface area (Å²) in [6.45, 7) is 0. The molecule has 1 aliphatic heterocycles. The van der Waals surface area contributed by atoms with Crippen molar-refractivity contribution in [1.82, 2.24) is 14.0 Å². The fourth-order valence-electron chi connectivity index (χ4n) is 4.01. The summed E-state index contributed by atoms with van der Waals surface area (Å²) in [4.78, 5) is 27.2.